The lowest BCUT2D eigenvalue weighted by atomic mass is 10.1. The zero-order valence-corrected chi connectivity index (χ0v) is 11.0. The molecule has 17 heavy (non-hydrogen) atoms. The van der Waals surface area contributed by atoms with Crippen LogP contribution in [0.2, 0.25) is 5.02 Å². The molecule has 2 N–H and O–H groups in total. The predicted octanol–water partition coefficient (Wildman–Crippen LogP) is 1.79. The predicted molar refractivity (Wildman–Crippen MR) is 67.2 cm³/mol. The van der Waals surface area contributed by atoms with Crippen LogP contribution in [-0.4, -0.2) is 28.6 Å². The minimum absolute atomic E-state index is 0.0990. The number of aryl methyl sites for hydroxylation is 1. The first-order valence-electron chi connectivity index (χ1n) is 5.50. The van der Waals surface area contributed by atoms with Crippen LogP contribution in [0.4, 0.5) is 0 Å². The Morgan fingerprint density at radius 2 is 2.24 bits per heavy atom. The molecule has 1 unspecified atom stereocenters. The maximum absolute atomic E-state index is 11.8. The lowest BCUT2D eigenvalue weighted by Crippen LogP contribution is -2.34. The molecule has 0 fully saturated rings. The Labute approximate surface area is 106 Å². The summed E-state index contributed by atoms with van der Waals surface area (Å²) >= 11 is 5.94. The zero-order chi connectivity index (χ0) is 13.0. The normalized spacial score (nSPS) is 12.6. The first kappa shape index (κ1) is 13.9. The second kappa shape index (κ2) is 5.98. The number of halogens is 1. The van der Waals surface area contributed by atoms with Crippen LogP contribution in [-0.2, 0) is 0 Å². The highest BCUT2D eigenvalue weighted by Gasteiger charge is 2.14. The molecule has 5 heteroatoms. The molecule has 0 aliphatic heterocycles. The smallest absolute Gasteiger partial charge is 0.254 e. The molecular weight excluding hydrogens is 240 g/mol. The molecule has 0 aromatic carbocycles. The van der Waals surface area contributed by atoms with Crippen molar-refractivity contribution in [3.8, 4) is 0 Å². The Hall–Kier alpha value is -1.13. The summed E-state index contributed by atoms with van der Waals surface area (Å²) in [7, 11) is 0. The number of carbonyl (C=O) groups is 1. The first-order valence-corrected chi connectivity index (χ1v) is 5.88. The highest BCUT2D eigenvalue weighted by atomic mass is 35.5. The standard InChI is InChI=1S/C12H17ClN2O2/c1-7(2)11(16)6-15-12(17)9-5-14-8(3)4-10(9)13/h4-5,7,11,16H,6H2,1-3H3,(H,15,17). The van der Waals surface area contributed by atoms with Crippen molar-refractivity contribution in [1.82, 2.24) is 10.3 Å². The lowest BCUT2D eigenvalue weighted by Gasteiger charge is -2.15. The topological polar surface area (TPSA) is 62.2 Å². The van der Waals surface area contributed by atoms with Crippen molar-refractivity contribution in [2.24, 2.45) is 5.92 Å². The van der Waals surface area contributed by atoms with Gasteiger partial charge in [0, 0.05) is 18.4 Å². The van der Waals surface area contributed by atoms with Crippen molar-refractivity contribution in [1.29, 1.82) is 0 Å². The van der Waals surface area contributed by atoms with Gasteiger partial charge in [-0.1, -0.05) is 25.4 Å². The van der Waals surface area contributed by atoms with Gasteiger partial charge in [0.15, 0.2) is 0 Å². The van der Waals surface area contributed by atoms with Gasteiger partial charge in [-0.05, 0) is 18.9 Å². The molecule has 0 aliphatic carbocycles. The molecule has 1 amide bonds. The number of carbonyl (C=O) groups excluding carboxylic acids is 1. The van der Waals surface area contributed by atoms with E-state index in [9.17, 15) is 9.90 Å². The molecule has 1 rings (SSSR count). The molecule has 0 spiro atoms. The van der Waals surface area contributed by atoms with Gasteiger partial charge in [0.05, 0.1) is 16.7 Å². The van der Waals surface area contributed by atoms with E-state index in [4.69, 9.17) is 11.6 Å². The van der Waals surface area contributed by atoms with Crippen molar-refractivity contribution >= 4 is 17.5 Å². The number of nitrogens with one attached hydrogen (secondary N) is 1. The molecule has 0 radical (unpaired) electrons. The summed E-state index contributed by atoms with van der Waals surface area (Å²) in [5.41, 5.74) is 1.09. The summed E-state index contributed by atoms with van der Waals surface area (Å²) in [5.74, 6) is -0.218. The third-order valence-corrected chi connectivity index (χ3v) is 2.79. The Balaban J connectivity index is 2.64. The molecule has 4 nitrogen and oxygen atoms in total. The van der Waals surface area contributed by atoms with Crippen LogP contribution in [0.5, 0.6) is 0 Å². The number of aliphatic hydroxyl groups is 1. The van der Waals surface area contributed by atoms with Gasteiger partial charge in [-0.3, -0.25) is 9.78 Å². The third kappa shape index (κ3) is 3.98. The average Bonchev–Trinajstić information content (AvgIpc) is 2.25. The highest BCUT2D eigenvalue weighted by Crippen LogP contribution is 2.15. The van der Waals surface area contributed by atoms with Crippen LogP contribution in [0.25, 0.3) is 0 Å². The highest BCUT2D eigenvalue weighted by molar-refractivity contribution is 6.33. The summed E-state index contributed by atoms with van der Waals surface area (Å²) in [6.45, 7) is 5.78. The number of rotatable bonds is 4. The van der Waals surface area contributed by atoms with Crippen LogP contribution in [0.3, 0.4) is 0 Å². The van der Waals surface area contributed by atoms with Gasteiger partial charge in [-0.15, -0.1) is 0 Å². The van der Waals surface area contributed by atoms with E-state index in [0.717, 1.165) is 5.69 Å². The van der Waals surface area contributed by atoms with Crippen molar-refractivity contribution < 1.29 is 9.90 Å². The van der Waals surface area contributed by atoms with E-state index in [1.54, 1.807) is 13.0 Å². The summed E-state index contributed by atoms with van der Waals surface area (Å²) in [6.07, 6.45) is 0.880. The molecule has 1 heterocycles. The molecule has 1 aromatic rings. The minimum Gasteiger partial charge on any atom is -0.391 e. The number of aliphatic hydroxyl groups excluding tert-OH is 1. The molecule has 0 saturated heterocycles. The number of amides is 1. The minimum atomic E-state index is -0.559. The van der Waals surface area contributed by atoms with Crippen LogP contribution >= 0.6 is 11.6 Å². The molecule has 1 aromatic heterocycles. The number of aromatic nitrogens is 1. The largest absolute Gasteiger partial charge is 0.391 e. The number of nitrogens with zero attached hydrogens (tertiary/aromatic N) is 1. The van der Waals surface area contributed by atoms with Gasteiger partial charge in [-0.25, -0.2) is 0 Å². The Morgan fingerprint density at radius 1 is 1.59 bits per heavy atom. The van der Waals surface area contributed by atoms with E-state index in [1.165, 1.54) is 6.20 Å². The molecule has 0 saturated carbocycles. The van der Waals surface area contributed by atoms with Gasteiger partial charge < -0.3 is 10.4 Å². The fraction of sp³-hybridized carbons (Fsp3) is 0.500. The first-order chi connectivity index (χ1) is 7.91. The van der Waals surface area contributed by atoms with E-state index >= 15 is 0 Å². The number of hydrogen-bond acceptors (Lipinski definition) is 3. The van der Waals surface area contributed by atoms with Crippen molar-refractivity contribution in [3.05, 3.63) is 28.5 Å². The summed E-state index contributed by atoms with van der Waals surface area (Å²) in [5, 5.41) is 12.6. The Bertz CT molecular complexity index is 407. The fourth-order valence-corrected chi connectivity index (χ4v) is 1.51. The van der Waals surface area contributed by atoms with Crippen molar-refractivity contribution in [2.45, 2.75) is 26.9 Å². The van der Waals surface area contributed by atoms with Gasteiger partial charge in [0.1, 0.15) is 0 Å². The van der Waals surface area contributed by atoms with Crippen LogP contribution in [0, 0.1) is 12.8 Å². The zero-order valence-electron chi connectivity index (χ0n) is 10.2. The molecule has 0 aliphatic rings. The second-order valence-electron chi connectivity index (χ2n) is 4.33. The fourth-order valence-electron chi connectivity index (χ4n) is 1.22. The van der Waals surface area contributed by atoms with Gasteiger partial charge >= 0.3 is 0 Å². The number of pyridine rings is 1. The van der Waals surface area contributed by atoms with Crippen molar-refractivity contribution in [2.75, 3.05) is 6.54 Å². The van der Waals surface area contributed by atoms with Gasteiger partial charge in [0.2, 0.25) is 0 Å². The molecule has 1 atom stereocenters. The van der Waals surface area contributed by atoms with E-state index in [0.29, 0.717) is 10.6 Å². The SMILES string of the molecule is Cc1cc(Cl)c(C(=O)NCC(O)C(C)C)cn1. The van der Waals surface area contributed by atoms with Crippen LogP contribution in [0.1, 0.15) is 29.9 Å². The molecule has 0 bridgehead atoms. The number of hydrogen-bond donors (Lipinski definition) is 2. The van der Waals surface area contributed by atoms with E-state index < -0.39 is 6.10 Å². The van der Waals surface area contributed by atoms with Gasteiger partial charge in [-0.2, -0.15) is 0 Å². The maximum atomic E-state index is 11.8. The lowest BCUT2D eigenvalue weighted by molar-refractivity contribution is 0.0871. The summed E-state index contributed by atoms with van der Waals surface area (Å²) in [6, 6.07) is 1.63. The third-order valence-electron chi connectivity index (χ3n) is 2.48. The van der Waals surface area contributed by atoms with E-state index in [1.807, 2.05) is 13.8 Å². The van der Waals surface area contributed by atoms with Gasteiger partial charge in [0.25, 0.3) is 5.91 Å². The quantitative estimate of drug-likeness (QED) is 0.863. The molecule has 94 valence electrons. The maximum Gasteiger partial charge on any atom is 0.254 e. The Morgan fingerprint density at radius 3 is 2.76 bits per heavy atom. The average molecular weight is 257 g/mol. The summed E-state index contributed by atoms with van der Waals surface area (Å²) < 4.78 is 0. The molecular formula is C12H17ClN2O2. The summed E-state index contributed by atoms with van der Waals surface area (Å²) in [4.78, 5) is 15.8. The second-order valence-corrected chi connectivity index (χ2v) is 4.73. The van der Waals surface area contributed by atoms with E-state index in [-0.39, 0.29) is 18.4 Å². The van der Waals surface area contributed by atoms with E-state index in [2.05, 4.69) is 10.3 Å². The van der Waals surface area contributed by atoms with Crippen molar-refractivity contribution in [3.63, 3.8) is 0 Å². The van der Waals surface area contributed by atoms with Crippen LogP contribution in [0.15, 0.2) is 12.3 Å². The van der Waals surface area contributed by atoms with Crippen LogP contribution < -0.4 is 5.32 Å². The Kier molecular flexibility index (Phi) is 4.90. The monoisotopic (exact) mass is 256 g/mol.